The molecule has 17 heavy (non-hydrogen) atoms. The third kappa shape index (κ3) is 4.39. The largest absolute Gasteiger partial charge is 0.276 e. The van der Waals surface area contributed by atoms with E-state index in [9.17, 15) is 0 Å². The van der Waals surface area contributed by atoms with Crippen LogP contribution in [0.15, 0.2) is 79.0 Å². The molecule has 2 heteroatoms. The van der Waals surface area contributed by atoms with E-state index in [-0.39, 0.29) is 17.1 Å². The first-order valence-electron chi connectivity index (χ1n) is 5.26. The normalized spacial score (nSPS) is 8.71. The average Bonchev–Trinajstić information content (AvgIpc) is 3.07. The predicted octanol–water partition coefficient (Wildman–Crippen LogP) is 3.87. The number of hydrogen-bond acceptors (Lipinski definition) is 1. The third-order valence-corrected chi connectivity index (χ3v) is 2.18. The standard InChI is InChI=1S/C10H8N.C5H5.Fe/c1-2-6-9(5-1)10-7-3-4-8-11-10;1-2-4-5-3-1;/h1-8H;1-5H;/q2*-1;. The van der Waals surface area contributed by atoms with Gasteiger partial charge in [-0.05, 0) is 5.69 Å². The molecule has 0 bridgehead atoms. The number of rotatable bonds is 1. The monoisotopic (exact) mass is 263 g/mol. The summed E-state index contributed by atoms with van der Waals surface area (Å²) < 4.78 is 0. The molecule has 0 saturated heterocycles. The van der Waals surface area contributed by atoms with E-state index < -0.39 is 0 Å². The van der Waals surface area contributed by atoms with Crippen LogP contribution in [0.25, 0.3) is 11.3 Å². The second-order valence-corrected chi connectivity index (χ2v) is 3.35. The molecular weight excluding hydrogens is 250 g/mol. The van der Waals surface area contributed by atoms with E-state index >= 15 is 0 Å². The molecular formula is C15H13FeN-2. The summed E-state index contributed by atoms with van der Waals surface area (Å²) in [7, 11) is 0. The molecule has 0 radical (unpaired) electrons. The van der Waals surface area contributed by atoms with E-state index in [1.165, 1.54) is 5.56 Å². The minimum Gasteiger partial charge on any atom is -0.276 e. The van der Waals surface area contributed by atoms with Gasteiger partial charge in [-0.3, -0.25) is 4.98 Å². The average molecular weight is 263 g/mol. The molecule has 0 amide bonds. The van der Waals surface area contributed by atoms with Crippen molar-refractivity contribution in [2.24, 2.45) is 0 Å². The summed E-state index contributed by atoms with van der Waals surface area (Å²) >= 11 is 0. The fourth-order valence-electron chi connectivity index (χ4n) is 1.40. The SMILES string of the molecule is [Fe].c1cc[cH-]c1.c1ccc(-[c-]2cccc2)nc1. The first-order chi connectivity index (χ1) is 7.97. The van der Waals surface area contributed by atoms with Crippen molar-refractivity contribution in [3.8, 4) is 11.3 Å². The first-order valence-corrected chi connectivity index (χ1v) is 5.26. The molecule has 0 atom stereocenters. The number of pyridine rings is 1. The van der Waals surface area contributed by atoms with Gasteiger partial charge in [0.1, 0.15) is 0 Å². The molecule has 0 saturated carbocycles. The van der Waals surface area contributed by atoms with E-state index in [1.54, 1.807) is 0 Å². The molecule has 0 aliphatic heterocycles. The Morgan fingerprint density at radius 2 is 1.59 bits per heavy atom. The van der Waals surface area contributed by atoms with Crippen molar-refractivity contribution in [2.45, 2.75) is 0 Å². The van der Waals surface area contributed by atoms with Gasteiger partial charge in [0.25, 0.3) is 0 Å². The van der Waals surface area contributed by atoms with Crippen molar-refractivity contribution in [1.82, 2.24) is 4.98 Å². The van der Waals surface area contributed by atoms with Gasteiger partial charge in [-0.2, -0.15) is 30.3 Å². The molecule has 3 aromatic rings. The fraction of sp³-hybridized carbons (Fsp3) is 0. The van der Waals surface area contributed by atoms with Crippen LogP contribution in [-0.4, -0.2) is 4.98 Å². The maximum atomic E-state index is 4.22. The quantitative estimate of drug-likeness (QED) is 0.479. The van der Waals surface area contributed by atoms with Crippen molar-refractivity contribution in [1.29, 1.82) is 0 Å². The van der Waals surface area contributed by atoms with Crippen LogP contribution in [0.1, 0.15) is 0 Å². The summed E-state index contributed by atoms with van der Waals surface area (Å²) in [4.78, 5) is 4.22. The predicted molar refractivity (Wildman–Crippen MR) is 67.3 cm³/mol. The molecule has 0 aliphatic carbocycles. The Bertz CT molecular complexity index is 452. The second-order valence-electron chi connectivity index (χ2n) is 3.35. The summed E-state index contributed by atoms with van der Waals surface area (Å²) in [5.74, 6) is 0. The van der Waals surface area contributed by atoms with Crippen molar-refractivity contribution >= 4 is 0 Å². The van der Waals surface area contributed by atoms with Crippen molar-refractivity contribution in [3.05, 3.63) is 79.0 Å². The zero-order chi connectivity index (χ0) is 11.1. The molecule has 0 N–H and O–H groups in total. The second kappa shape index (κ2) is 7.61. The Labute approximate surface area is 112 Å². The Balaban J connectivity index is 0.000000205. The van der Waals surface area contributed by atoms with Crippen LogP contribution in [0.4, 0.5) is 0 Å². The van der Waals surface area contributed by atoms with Crippen LogP contribution in [0.2, 0.25) is 0 Å². The van der Waals surface area contributed by atoms with Crippen molar-refractivity contribution in [3.63, 3.8) is 0 Å². The zero-order valence-electron chi connectivity index (χ0n) is 9.31. The maximum absolute atomic E-state index is 4.22. The van der Waals surface area contributed by atoms with Gasteiger partial charge in [-0.25, -0.2) is 12.1 Å². The molecule has 0 fully saturated rings. The zero-order valence-corrected chi connectivity index (χ0v) is 10.4. The molecule has 3 rings (SSSR count). The number of aromatic nitrogens is 1. The minimum atomic E-state index is 0. The molecule has 1 aromatic heterocycles. The van der Waals surface area contributed by atoms with Crippen LogP contribution in [-0.2, 0) is 17.1 Å². The molecule has 88 valence electrons. The van der Waals surface area contributed by atoms with Gasteiger partial charge in [0.15, 0.2) is 0 Å². The van der Waals surface area contributed by atoms with Gasteiger partial charge < -0.3 is 0 Å². The van der Waals surface area contributed by atoms with Crippen molar-refractivity contribution < 1.29 is 17.1 Å². The molecule has 0 aliphatic rings. The van der Waals surface area contributed by atoms with Gasteiger partial charge in [-0.1, -0.05) is 17.7 Å². The molecule has 1 nitrogen and oxygen atoms in total. The van der Waals surface area contributed by atoms with Gasteiger partial charge in [0.2, 0.25) is 0 Å². The van der Waals surface area contributed by atoms with Crippen LogP contribution < -0.4 is 0 Å². The minimum absolute atomic E-state index is 0. The van der Waals surface area contributed by atoms with Crippen LogP contribution >= 0.6 is 0 Å². The van der Waals surface area contributed by atoms with Crippen LogP contribution in [0.5, 0.6) is 0 Å². The summed E-state index contributed by atoms with van der Waals surface area (Å²) in [6.07, 6.45) is 1.81. The van der Waals surface area contributed by atoms with E-state index in [0.29, 0.717) is 0 Å². The van der Waals surface area contributed by atoms with Gasteiger partial charge in [-0.15, -0.1) is 18.2 Å². The maximum Gasteiger partial charge on any atom is 0.0247 e. The Morgan fingerprint density at radius 3 is 2.06 bits per heavy atom. The number of nitrogens with zero attached hydrogens (tertiary/aromatic N) is 1. The third-order valence-electron chi connectivity index (χ3n) is 2.18. The summed E-state index contributed by atoms with van der Waals surface area (Å²) in [5, 5.41) is 0. The fourth-order valence-corrected chi connectivity index (χ4v) is 1.40. The summed E-state index contributed by atoms with van der Waals surface area (Å²) in [6, 6.07) is 24.1. The summed E-state index contributed by atoms with van der Waals surface area (Å²) in [5.41, 5.74) is 2.23. The molecule has 2 aromatic carbocycles. The van der Waals surface area contributed by atoms with E-state index in [4.69, 9.17) is 0 Å². The Hall–Kier alpha value is -1.63. The van der Waals surface area contributed by atoms with Gasteiger partial charge in [0, 0.05) is 23.3 Å². The Morgan fingerprint density at radius 1 is 0.882 bits per heavy atom. The first kappa shape index (κ1) is 13.4. The smallest absolute Gasteiger partial charge is 0.0247 e. The molecule has 1 heterocycles. The summed E-state index contributed by atoms with van der Waals surface area (Å²) in [6.45, 7) is 0. The number of hydrogen-bond donors (Lipinski definition) is 0. The van der Waals surface area contributed by atoms with Crippen LogP contribution in [0, 0.1) is 0 Å². The molecule has 0 unspecified atom stereocenters. The van der Waals surface area contributed by atoms with Crippen molar-refractivity contribution in [2.75, 3.05) is 0 Å². The van der Waals surface area contributed by atoms with E-state index in [2.05, 4.69) is 17.1 Å². The van der Waals surface area contributed by atoms with Gasteiger partial charge in [0.05, 0.1) is 0 Å². The van der Waals surface area contributed by atoms with Crippen LogP contribution in [0.3, 0.4) is 0 Å². The van der Waals surface area contributed by atoms with E-state index in [0.717, 1.165) is 5.69 Å². The van der Waals surface area contributed by atoms with Gasteiger partial charge >= 0.3 is 0 Å². The topological polar surface area (TPSA) is 12.9 Å². The molecule has 0 spiro atoms. The van der Waals surface area contributed by atoms with E-state index in [1.807, 2.05) is 66.9 Å². The Kier molecular flexibility index (Phi) is 6.02.